The molecular formula is C10H14O2. The molecule has 2 heteroatoms. The molecule has 2 aliphatic carbocycles. The highest BCUT2D eigenvalue weighted by Gasteiger charge is 2.33. The zero-order valence-corrected chi connectivity index (χ0v) is 7.21. The molecule has 0 aromatic heterocycles. The largest absolute Gasteiger partial charge is 0.300 e. The van der Waals surface area contributed by atoms with E-state index in [0.717, 1.165) is 25.7 Å². The van der Waals surface area contributed by atoms with E-state index in [2.05, 4.69) is 0 Å². The SMILES string of the molecule is O=C1CC[C@H]2CCC(=O)C[C@H]2C1. The van der Waals surface area contributed by atoms with Gasteiger partial charge in [-0.25, -0.2) is 0 Å². The van der Waals surface area contributed by atoms with Gasteiger partial charge in [-0.1, -0.05) is 0 Å². The second-order valence-corrected chi connectivity index (χ2v) is 4.08. The van der Waals surface area contributed by atoms with E-state index in [0.29, 0.717) is 36.2 Å². The van der Waals surface area contributed by atoms with Crippen LogP contribution in [0.4, 0.5) is 0 Å². The van der Waals surface area contributed by atoms with Crippen LogP contribution in [0.2, 0.25) is 0 Å². The van der Waals surface area contributed by atoms with E-state index in [1.807, 2.05) is 0 Å². The van der Waals surface area contributed by atoms with Gasteiger partial charge in [-0.2, -0.15) is 0 Å². The summed E-state index contributed by atoms with van der Waals surface area (Å²) in [5, 5.41) is 0. The average Bonchev–Trinajstić information content (AvgIpc) is 2.03. The third kappa shape index (κ3) is 1.43. The number of carbonyl (C=O) groups excluding carboxylic acids is 2. The molecule has 0 saturated heterocycles. The molecule has 0 heterocycles. The van der Waals surface area contributed by atoms with Crippen molar-refractivity contribution in [1.29, 1.82) is 0 Å². The van der Waals surface area contributed by atoms with Crippen LogP contribution in [0.3, 0.4) is 0 Å². The van der Waals surface area contributed by atoms with E-state index in [9.17, 15) is 9.59 Å². The molecule has 0 aliphatic heterocycles. The molecule has 0 radical (unpaired) electrons. The first-order valence-electron chi connectivity index (χ1n) is 4.79. The molecular weight excluding hydrogens is 152 g/mol. The van der Waals surface area contributed by atoms with Crippen LogP contribution in [0, 0.1) is 11.8 Å². The zero-order chi connectivity index (χ0) is 8.55. The van der Waals surface area contributed by atoms with Gasteiger partial charge in [0.15, 0.2) is 0 Å². The minimum Gasteiger partial charge on any atom is -0.300 e. The summed E-state index contributed by atoms with van der Waals surface area (Å²) in [6.45, 7) is 0. The van der Waals surface area contributed by atoms with E-state index < -0.39 is 0 Å². The molecule has 2 fully saturated rings. The fourth-order valence-electron chi connectivity index (χ4n) is 2.50. The Kier molecular flexibility index (Phi) is 1.99. The van der Waals surface area contributed by atoms with Gasteiger partial charge in [-0.3, -0.25) is 9.59 Å². The molecule has 66 valence electrons. The van der Waals surface area contributed by atoms with Crippen molar-refractivity contribution in [3.05, 3.63) is 0 Å². The molecule has 0 atom stereocenters. The first-order valence-corrected chi connectivity index (χ1v) is 4.79. The number of fused-ring (bicyclic) bond motifs is 1. The van der Waals surface area contributed by atoms with Gasteiger partial charge >= 0.3 is 0 Å². The molecule has 2 nitrogen and oxygen atoms in total. The Morgan fingerprint density at radius 1 is 0.833 bits per heavy atom. The van der Waals surface area contributed by atoms with E-state index >= 15 is 0 Å². The minimum absolute atomic E-state index is 0.367. The van der Waals surface area contributed by atoms with Crippen LogP contribution in [-0.2, 0) is 9.59 Å². The highest BCUT2D eigenvalue weighted by Crippen LogP contribution is 2.37. The predicted molar refractivity (Wildman–Crippen MR) is 44.7 cm³/mol. The van der Waals surface area contributed by atoms with Gasteiger partial charge in [0.25, 0.3) is 0 Å². The van der Waals surface area contributed by atoms with Crippen LogP contribution in [0.25, 0.3) is 0 Å². The summed E-state index contributed by atoms with van der Waals surface area (Å²) in [5.74, 6) is 1.82. The Hall–Kier alpha value is -0.660. The standard InChI is InChI=1S/C10H14O2/c11-9-3-1-7-2-4-10(12)6-8(7)5-9/h7-8H,1-6H2/t7-,8+. The Morgan fingerprint density at radius 3 is 1.83 bits per heavy atom. The Bertz CT molecular complexity index is 198. The summed E-state index contributed by atoms with van der Waals surface area (Å²) in [5.41, 5.74) is 0. The number of hydrogen-bond donors (Lipinski definition) is 0. The van der Waals surface area contributed by atoms with E-state index in [1.54, 1.807) is 0 Å². The molecule has 0 spiro atoms. The lowest BCUT2D eigenvalue weighted by atomic mass is 9.70. The van der Waals surface area contributed by atoms with Crippen molar-refractivity contribution in [2.24, 2.45) is 11.8 Å². The maximum Gasteiger partial charge on any atom is 0.133 e. The van der Waals surface area contributed by atoms with Crippen molar-refractivity contribution in [2.75, 3.05) is 0 Å². The molecule has 0 unspecified atom stereocenters. The topological polar surface area (TPSA) is 34.1 Å². The lowest BCUT2D eigenvalue weighted by Gasteiger charge is -2.33. The van der Waals surface area contributed by atoms with E-state index in [-0.39, 0.29) is 0 Å². The number of carbonyl (C=O) groups is 2. The van der Waals surface area contributed by atoms with Crippen LogP contribution in [0.1, 0.15) is 38.5 Å². The molecule has 2 saturated carbocycles. The molecule has 2 aliphatic rings. The van der Waals surface area contributed by atoms with Crippen LogP contribution in [-0.4, -0.2) is 11.6 Å². The summed E-state index contributed by atoms with van der Waals surface area (Å²) in [6, 6.07) is 0. The Labute approximate surface area is 72.3 Å². The summed E-state index contributed by atoms with van der Waals surface area (Å²) in [4.78, 5) is 22.2. The van der Waals surface area contributed by atoms with Gasteiger partial charge in [0, 0.05) is 25.7 Å². The number of hydrogen-bond acceptors (Lipinski definition) is 2. The third-order valence-electron chi connectivity index (χ3n) is 3.23. The second-order valence-electron chi connectivity index (χ2n) is 4.08. The van der Waals surface area contributed by atoms with Gasteiger partial charge in [-0.15, -0.1) is 0 Å². The van der Waals surface area contributed by atoms with Crippen LogP contribution >= 0.6 is 0 Å². The first-order chi connectivity index (χ1) is 5.75. The number of Topliss-reactive ketones (excluding diaryl/α,β-unsaturated/α-hetero) is 2. The fraction of sp³-hybridized carbons (Fsp3) is 0.800. The zero-order valence-electron chi connectivity index (χ0n) is 7.21. The molecule has 12 heavy (non-hydrogen) atoms. The van der Waals surface area contributed by atoms with E-state index in [4.69, 9.17) is 0 Å². The van der Waals surface area contributed by atoms with Crippen LogP contribution < -0.4 is 0 Å². The van der Waals surface area contributed by atoms with Crippen LogP contribution in [0.15, 0.2) is 0 Å². The monoisotopic (exact) mass is 166 g/mol. The molecule has 0 N–H and O–H groups in total. The van der Waals surface area contributed by atoms with Crippen LogP contribution in [0.5, 0.6) is 0 Å². The quantitative estimate of drug-likeness (QED) is 0.549. The number of rotatable bonds is 0. The summed E-state index contributed by atoms with van der Waals surface area (Å²) in [6.07, 6.45) is 4.95. The van der Waals surface area contributed by atoms with Crippen molar-refractivity contribution in [2.45, 2.75) is 38.5 Å². The maximum atomic E-state index is 11.1. The van der Waals surface area contributed by atoms with Gasteiger partial charge in [0.2, 0.25) is 0 Å². The number of ketones is 2. The molecule has 2 rings (SSSR count). The first kappa shape index (κ1) is 7.96. The fourth-order valence-corrected chi connectivity index (χ4v) is 2.50. The Morgan fingerprint density at radius 2 is 1.33 bits per heavy atom. The van der Waals surface area contributed by atoms with Crippen molar-refractivity contribution < 1.29 is 9.59 Å². The van der Waals surface area contributed by atoms with Gasteiger partial charge in [0.05, 0.1) is 0 Å². The second kappa shape index (κ2) is 3.00. The normalized spacial score (nSPS) is 36.3. The lowest BCUT2D eigenvalue weighted by Crippen LogP contribution is -2.31. The summed E-state index contributed by atoms with van der Waals surface area (Å²) in [7, 11) is 0. The third-order valence-corrected chi connectivity index (χ3v) is 3.23. The lowest BCUT2D eigenvalue weighted by molar-refractivity contribution is -0.127. The van der Waals surface area contributed by atoms with Gasteiger partial charge in [0.1, 0.15) is 11.6 Å². The smallest absolute Gasteiger partial charge is 0.133 e. The van der Waals surface area contributed by atoms with Gasteiger partial charge < -0.3 is 0 Å². The Balaban J connectivity index is 2.03. The van der Waals surface area contributed by atoms with E-state index in [1.165, 1.54) is 0 Å². The molecule has 0 aromatic carbocycles. The minimum atomic E-state index is 0.367. The predicted octanol–water partition coefficient (Wildman–Crippen LogP) is 1.72. The van der Waals surface area contributed by atoms with Gasteiger partial charge in [-0.05, 0) is 24.7 Å². The highest BCUT2D eigenvalue weighted by atomic mass is 16.1. The average molecular weight is 166 g/mol. The van der Waals surface area contributed by atoms with Crippen molar-refractivity contribution in [1.82, 2.24) is 0 Å². The summed E-state index contributed by atoms with van der Waals surface area (Å²) < 4.78 is 0. The maximum absolute atomic E-state index is 11.1. The molecule has 0 amide bonds. The highest BCUT2D eigenvalue weighted by molar-refractivity contribution is 5.83. The molecule has 0 aromatic rings. The van der Waals surface area contributed by atoms with Crippen molar-refractivity contribution >= 4 is 11.6 Å². The van der Waals surface area contributed by atoms with Crippen molar-refractivity contribution in [3.63, 3.8) is 0 Å². The molecule has 0 bridgehead atoms. The summed E-state index contributed by atoms with van der Waals surface area (Å²) >= 11 is 0. The van der Waals surface area contributed by atoms with Crippen molar-refractivity contribution in [3.8, 4) is 0 Å².